The van der Waals surface area contributed by atoms with Gasteiger partial charge in [-0.3, -0.25) is 10.1 Å². The fourth-order valence-electron chi connectivity index (χ4n) is 5.40. The van der Waals surface area contributed by atoms with Gasteiger partial charge < -0.3 is 15.4 Å². The second-order valence-electron chi connectivity index (χ2n) is 10.3. The van der Waals surface area contributed by atoms with Crippen LogP contribution in [0.15, 0.2) is 42.5 Å². The number of hydrogen-bond donors (Lipinski definition) is 4. The Hall–Kier alpha value is -2.70. The molecule has 34 heavy (non-hydrogen) atoms. The first-order chi connectivity index (χ1) is 16.5. The number of amides is 1. The Labute approximate surface area is 201 Å². The van der Waals surface area contributed by atoms with Crippen LogP contribution in [-0.4, -0.2) is 27.0 Å². The lowest BCUT2D eigenvalue weighted by Crippen LogP contribution is -2.34. The molecule has 2 saturated carbocycles. The summed E-state index contributed by atoms with van der Waals surface area (Å²) in [5, 5.41) is 17.0. The van der Waals surface area contributed by atoms with Crippen molar-refractivity contribution in [3.63, 3.8) is 0 Å². The van der Waals surface area contributed by atoms with Crippen LogP contribution >= 0.6 is 0 Å². The molecule has 1 aromatic heterocycles. The van der Waals surface area contributed by atoms with Gasteiger partial charge in [0.2, 0.25) is 5.91 Å². The normalized spacial score (nSPS) is 22.5. The van der Waals surface area contributed by atoms with E-state index in [0.29, 0.717) is 6.04 Å². The van der Waals surface area contributed by atoms with E-state index in [2.05, 4.69) is 22.5 Å². The molecule has 2 aliphatic carbocycles. The van der Waals surface area contributed by atoms with E-state index in [4.69, 9.17) is 4.98 Å². The van der Waals surface area contributed by atoms with Gasteiger partial charge in [0.1, 0.15) is 12.1 Å². The highest BCUT2D eigenvalue weighted by atomic mass is 16.3. The van der Waals surface area contributed by atoms with E-state index in [1.54, 1.807) is 0 Å². The topological polar surface area (TPSA) is 90.0 Å². The average molecular weight is 461 g/mol. The van der Waals surface area contributed by atoms with Gasteiger partial charge >= 0.3 is 0 Å². The van der Waals surface area contributed by atoms with Crippen molar-refractivity contribution in [1.82, 2.24) is 15.3 Å². The number of carbonyl (C=O) groups is 1. The minimum absolute atomic E-state index is 0.116. The van der Waals surface area contributed by atoms with Gasteiger partial charge in [0, 0.05) is 23.2 Å². The lowest BCUT2D eigenvalue weighted by molar-refractivity contribution is -0.121. The van der Waals surface area contributed by atoms with Crippen molar-refractivity contribution >= 4 is 22.6 Å². The zero-order valence-corrected chi connectivity index (χ0v) is 20.0. The smallest absolute Gasteiger partial charge is 0.227 e. The van der Waals surface area contributed by atoms with Crippen molar-refractivity contribution in [2.75, 3.05) is 5.32 Å². The quantitative estimate of drug-likeness (QED) is 0.344. The second-order valence-corrected chi connectivity index (χ2v) is 10.3. The highest BCUT2D eigenvalue weighted by Gasteiger charge is 2.24. The summed E-state index contributed by atoms with van der Waals surface area (Å²) in [5.41, 5.74) is 4.40. The molecular formula is C28H36N4O2. The van der Waals surface area contributed by atoms with Crippen molar-refractivity contribution < 1.29 is 9.90 Å². The highest BCUT2D eigenvalue weighted by molar-refractivity contribution is 5.94. The number of benzene rings is 2. The SMILES string of the molecule is CC1CCC(C(=O)Nc2ccc3nc(-c4ccc(C(O)NC5CCCCC5)cc4)[nH]c3c2)CC1. The van der Waals surface area contributed by atoms with Crippen molar-refractivity contribution in [3.05, 3.63) is 48.0 Å². The molecule has 0 bridgehead atoms. The minimum atomic E-state index is -0.647. The van der Waals surface area contributed by atoms with Gasteiger partial charge in [-0.25, -0.2) is 4.98 Å². The molecule has 6 nitrogen and oxygen atoms in total. The van der Waals surface area contributed by atoms with Crippen LogP contribution in [0.25, 0.3) is 22.4 Å². The Morgan fingerprint density at radius 1 is 1.00 bits per heavy atom. The summed E-state index contributed by atoms with van der Waals surface area (Å²) in [7, 11) is 0. The van der Waals surface area contributed by atoms with Crippen molar-refractivity contribution in [1.29, 1.82) is 0 Å². The third-order valence-corrected chi connectivity index (χ3v) is 7.63. The largest absolute Gasteiger partial charge is 0.374 e. The predicted molar refractivity (Wildman–Crippen MR) is 136 cm³/mol. The van der Waals surface area contributed by atoms with E-state index in [0.717, 1.165) is 78.1 Å². The lowest BCUT2D eigenvalue weighted by Gasteiger charge is -2.26. The summed E-state index contributed by atoms with van der Waals surface area (Å²) < 4.78 is 0. The van der Waals surface area contributed by atoms with E-state index in [9.17, 15) is 9.90 Å². The first kappa shape index (κ1) is 23.1. The number of H-pyrrole nitrogens is 1. The number of imidazole rings is 1. The molecule has 1 atom stereocenters. The number of carbonyl (C=O) groups excluding carboxylic acids is 1. The number of nitrogens with zero attached hydrogens (tertiary/aromatic N) is 1. The Kier molecular flexibility index (Phi) is 6.97. The van der Waals surface area contributed by atoms with Gasteiger partial charge in [0.25, 0.3) is 0 Å². The fourth-order valence-corrected chi connectivity index (χ4v) is 5.40. The average Bonchev–Trinajstić information content (AvgIpc) is 3.28. The van der Waals surface area contributed by atoms with E-state index < -0.39 is 6.23 Å². The highest BCUT2D eigenvalue weighted by Crippen LogP contribution is 2.30. The van der Waals surface area contributed by atoms with Crippen LogP contribution in [0.1, 0.15) is 76.5 Å². The van der Waals surface area contributed by atoms with E-state index >= 15 is 0 Å². The Morgan fingerprint density at radius 3 is 2.47 bits per heavy atom. The van der Waals surface area contributed by atoms with Crippen LogP contribution in [-0.2, 0) is 4.79 Å². The Balaban J connectivity index is 1.24. The van der Waals surface area contributed by atoms with Gasteiger partial charge in [-0.15, -0.1) is 0 Å². The summed E-state index contributed by atoms with van der Waals surface area (Å²) in [6.45, 7) is 2.27. The van der Waals surface area contributed by atoms with E-state index in [1.165, 1.54) is 19.3 Å². The van der Waals surface area contributed by atoms with Crippen LogP contribution in [0.4, 0.5) is 5.69 Å². The van der Waals surface area contributed by atoms with Gasteiger partial charge in [-0.2, -0.15) is 0 Å². The van der Waals surface area contributed by atoms with Crippen LogP contribution < -0.4 is 10.6 Å². The maximum atomic E-state index is 12.7. The molecule has 5 rings (SSSR count). The summed E-state index contributed by atoms with van der Waals surface area (Å²) in [5.74, 6) is 1.75. The third-order valence-electron chi connectivity index (χ3n) is 7.63. The van der Waals surface area contributed by atoms with Crippen molar-refractivity contribution in [3.8, 4) is 11.4 Å². The summed E-state index contributed by atoms with van der Waals surface area (Å²) in [6.07, 6.45) is 9.61. The number of nitrogens with one attached hydrogen (secondary N) is 3. The molecule has 2 aliphatic rings. The summed E-state index contributed by atoms with van der Waals surface area (Å²) in [6, 6.07) is 14.1. The zero-order chi connectivity index (χ0) is 23.5. The standard InChI is InChI=1S/C28H36N4O2/c1-18-7-9-20(10-8-18)28(34)30-23-15-16-24-25(17-23)32-26(31-24)19-11-13-21(14-12-19)27(33)29-22-5-3-2-4-6-22/h11-18,20,22,27,29,33H,2-10H2,1H3,(H,30,34)(H,31,32). The van der Waals surface area contributed by atoms with E-state index in [1.807, 2.05) is 42.5 Å². The molecule has 2 aromatic carbocycles. The molecule has 1 amide bonds. The number of rotatable bonds is 6. The van der Waals surface area contributed by atoms with Crippen molar-refractivity contribution in [2.45, 2.75) is 77.0 Å². The van der Waals surface area contributed by atoms with Crippen molar-refractivity contribution in [2.24, 2.45) is 11.8 Å². The number of fused-ring (bicyclic) bond motifs is 1. The molecule has 3 aromatic rings. The molecule has 1 heterocycles. The molecule has 4 N–H and O–H groups in total. The molecule has 6 heteroatoms. The summed E-state index contributed by atoms with van der Waals surface area (Å²) in [4.78, 5) is 20.8. The molecule has 0 aliphatic heterocycles. The third kappa shape index (κ3) is 5.34. The first-order valence-corrected chi connectivity index (χ1v) is 12.9. The number of anilines is 1. The second kappa shape index (κ2) is 10.3. The van der Waals surface area contributed by atoms with Gasteiger partial charge in [0.15, 0.2) is 0 Å². The zero-order valence-electron chi connectivity index (χ0n) is 20.0. The number of aromatic amines is 1. The number of hydrogen-bond acceptors (Lipinski definition) is 4. The lowest BCUT2D eigenvalue weighted by atomic mass is 9.82. The summed E-state index contributed by atoms with van der Waals surface area (Å²) >= 11 is 0. The number of aromatic nitrogens is 2. The maximum absolute atomic E-state index is 12.7. The molecule has 180 valence electrons. The van der Waals surface area contributed by atoms with Gasteiger partial charge in [-0.05, 0) is 68.2 Å². The number of aliphatic hydroxyl groups excluding tert-OH is 1. The molecule has 1 unspecified atom stereocenters. The molecule has 0 spiro atoms. The van der Waals surface area contributed by atoms with Gasteiger partial charge in [0.05, 0.1) is 11.0 Å². The van der Waals surface area contributed by atoms with Gasteiger partial charge in [-0.1, -0.05) is 50.5 Å². The number of aliphatic hydroxyl groups is 1. The Bertz CT molecular complexity index is 1110. The molecular weight excluding hydrogens is 424 g/mol. The van der Waals surface area contributed by atoms with Crippen LogP contribution in [0.2, 0.25) is 0 Å². The molecule has 0 saturated heterocycles. The monoisotopic (exact) mass is 460 g/mol. The van der Waals surface area contributed by atoms with E-state index in [-0.39, 0.29) is 11.8 Å². The minimum Gasteiger partial charge on any atom is -0.374 e. The fraction of sp³-hybridized carbons (Fsp3) is 0.500. The van der Waals surface area contributed by atoms with Crippen LogP contribution in [0, 0.1) is 11.8 Å². The maximum Gasteiger partial charge on any atom is 0.227 e. The first-order valence-electron chi connectivity index (χ1n) is 12.9. The Morgan fingerprint density at radius 2 is 1.74 bits per heavy atom. The predicted octanol–water partition coefficient (Wildman–Crippen LogP) is 5.91. The molecule has 2 fully saturated rings. The molecule has 0 radical (unpaired) electrons. The van der Waals surface area contributed by atoms with Crippen LogP contribution in [0.5, 0.6) is 0 Å². The van der Waals surface area contributed by atoms with Crippen LogP contribution in [0.3, 0.4) is 0 Å².